The second kappa shape index (κ2) is 9.35. The average Bonchev–Trinajstić information content (AvgIpc) is 3.48. The first kappa shape index (κ1) is 22.2. The van der Waals surface area contributed by atoms with Crippen LogP contribution in [0.3, 0.4) is 0 Å². The van der Waals surface area contributed by atoms with Crippen molar-refractivity contribution in [1.29, 1.82) is 0 Å². The molecule has 0 aliphatic rings. The Hall–Kier alpha value is -4.58. The molecule has 0 fully saturated rings. The summed E-state index contributed by atoms with van der Waals surface area (Å²) in [5.74, 6) is 1.31. The number of methoxy groups -OCH3 is 1. The number of nitrogens with zero attached hydrogens (tertiary/aromatic N) is 1. The fourth-order valence-electron chi connectivity index (χ4n) is 4.09. The first-order valence-corrected chi connectivity index (χ1v) is 11.2. The molecule has 6 nitrogen and oxygen atoms in total. The molecule has 1 N–H and O–H groups in total. The van der Waals surface area contributed by atoms with Crippen LogP contribution in [0, 0.1) is 6.92 Å². The molecule has 0 atom stereocenters. The molecule has 0 radical (unpaired) electrons. The Kier molecular flexibility index (Phi) is 5.94. The molecule has 0 unspecified atom stereocenters. The first-order chi connectivity index (χ1) is 17.0. The van der Waals surface area contributed by atoms with Crippen LogP contribution in [0.15, 0.2) is 94.1 Å². The van der Waals surface area contributed by atoms with Crippen molar-refractivity contribution in [3.05, 3.63) is 96.5 Å². The van der Waals surface area contributed by atoms with Gasteiger partial charge >= 0.3 is 0 Å². The minimum atomic E-state index is -0.304. The summed E-state index contributed by atoms with van der Waals surface area (Å²) in [6, 6.07) is 24.2. The zero-order valence-corrected chi connectivity index (χ0v) is 19.7. The van der Waals surface area contributed by atoms with Gasteiger partial charge in [0.2, 0.25) is 5.91 Å². The third-order valence-corrected chi connectivity index (χ3v) is 5.85. The number of amides is 1. The Morgan fingerprint density at radius 2 is 1.69 bits per heavy atom. The Morgan fingerprint density at radius 3 is 2.37 bits per heavy atom. The Morgan fingerprint density at radius 1 is 0.971 bits per heavy atom. The molecule has 0 bridgehead atoms. The molecule has 174 valence electrons. The van der Waals surface area contributed by atoms with E-state index in [-0.39, 0.29) is 5.91 Å². The van der Waals surface area contributed by atoms with Crippen molar-refractivity contribution in [1.82, 2.24) is 5.16 Å². The third-order valence-electron chi connectivity index (χ3n) is 5.85. The van der Waals surface area contributed by atoms with E-state index in [1.807, 2.05) is 37.3 Å². The Bertz CT molecular complexity index is 1530. The predicted molar refractivity (Wildman–Crippen MR) is 137 cm³/mol. The number of furan rings is 1. The van der Waals surface area contributed by atoms with Gasteiger partial charge in [0, 0.05) is 34.7 Å². The maximum atomic E-state index is 12.5. The Labute approximate surface area is 202 Å². The molecule has 0 saturated carbocycles. The predicted octanol–water partition coefficient (Wildman–Crippen LogP) is 7.11. The number of rotatable bonds is 6. The van der Waals surface area contributed by atoms with Crippen molar-refractivity contribution in [3.8, 4) is 28.0 Å². The van der Waals surface area contributed by atoms with Crippen molar-refractivity contribution in [3.63, 3.8) is 0 Å². The molecule has 0 saturated heterocycles. The van der Waals surface area contributed by atoms with Gasteiger partial charge in [-0.05, 0) is 42.2 Å². The van der Waals surface area contributed by atoms with Gasteiger partial charge in [0.1, 0.15) is 17.1 Å². The SMILES string of the molecule is COc1cc2occ(-c3ccc(-c4ccccc4)cc3)c2cc1/C(C)=C/C(=O)Nc1cc(C)on1. The lowest BCUT2D eigenvalue weighted by Crippen LogP contribution is -2.08. The van der Waals surface area contributed by atoms with Gasteiger partial charge in [-0.15, -0.1) is 0 Å². The highest BCUT2D eigenvalue weighted by atomic mass is 16.5. The van der Waals surface area contributed by atoms with Crippen LogP contribution in [0.4, 0.5) is 5.82 Å². The number of carbonyl (C=O) groups excluding carboxylic acids is 1. The van der Waals surface area contributed by atoms with Gasteiger partial charge in [-0.25, -0.2) is 0 Å². The number of anilines is 1. The van der Waals surface area contributed by atoms with Crippen LogP contribution in [-0.4, -0.2) is 18.2 Å². The molecule has 5 rings (SSSR count). The van der Waals surface area contributed by atoms with Crippen molar-refractivity contribution in [2.75, 3.05) is 12.4 Å². The maximum Gasteiger partial charge on any atom is 0.249 e. The third kappa shape index (κ3) is 4.59. The summed E-state index contributed by atoms with van der Waals surface area (Å²) in [6.07, 6.45) is 3.27. The summed E-state index contributed by atoms with van der Waals surface area (Å²) in [5, 5.41) is 7.45. The standard InChI is InChI=1S/C29H24N2O4/c1-18(13-29(32)30-28-14-19(2)35-31-28)23-15-24-25(17-34-27(24)16-26(23)33-3)22-11-9-21(10-12-22)20-7-5-4-6-8-20/h4-17H,1-3H3,(H,30,31,32)/b18-13+. The fraction of sp³-hybridized carbons (Fsp3) is 0.103. The molecule has 0 aliphatic heterocycles. The van der Waals surface area contributed by atoms with Gasteiger partial charge in [0.15, 0.2) is 5.82 Å². The van der Waals surface area contributed by atoms with E-state index < -0.39 is 0 Å². The van der Waals surface area contributed by atoms with Gasteiger partial charge < -0.3 is 19.0 Å². The monoisotopic (exact) mass is 464 g/mol. The minimum Gasteiger partial charge on any atom is -0.496 e. The zero-order valence-electron chi connectivity index (χ0n) is 19.7. The van der Waals surface area contributed by atoms with E-state index in [0.717, 1.165) is 33.2 Å². The smallest absolute Gasteiger partial charge is 0.249 e. The van der Waals surface area contributed by atoms with Crippen LogP contribution in [-0.2, 0) is 4.79 Å². The van der Waals surface area contributed by atoms with Crippen LogP contribution in [0.2, 0.25) is 0 Å². The molecular weight excluding hydrogens is 440 g/mol. The molecule has 3 aromatic carbocycles. The van der Waals surface area contributed by atoms with Crippen LogP contribution in [0.25, 0.3) is 38.8 Å². The summed E-state index contributed by atoms with van der Waals surface area (Å²) >= 11 is 0. The molecule has 2 heterocycles. The summed E-state index contributed by atoms with van der Waals surface area (Å²) < 4.78 is 16.5. The number of nitrogens with one attached hydrogen (secondary N) is 1. The highest BCUT2D eigenvalue weighted by molar-refractivity contribution is 6.05. The van der Waals surface area contributed by atoms with E-state index in [4.69, 9.17) is 13.7 Å². The molecule has 0 spiro atoms. The molecule has 35 heavy (non-hydrogen) atoms. The second-order valence-corrected chi connectivity index (χ2v) is 8.28. The normalized spacial score (nSPS) is 11.6. The topological polar surface area (TPSA) is 77.5 Å². The molecule has 5 aromatic rings. The lowest BCUT2D eigenvalue weighted by atomic mass is 9.97. The molecule has 0 aliphatic carbocycles. The van der Waals surface area contributed by atoms with E-state index in [2.05, 4.69) is 46.9 Å². The lowest BCUT2D eigenvalue weighted by Gasteiger charge is -2.10. The number of aromatic nitrogens is 1. The van der Waals surface area contributed by atoms with Crippen molar-refractivity contribution >= 4 is 28.3 Å². The van der Waals surface area contributed by atoms with E-state index in [0.29, 0.717) is 22.9 Å². The number of fused-ring (bicyclic) bond motifs is 1. The minimum absolute atomic E-state index is 0.304. The van der Waals surface area contributed by atoms with Crippen LogP contribution < -0.4 is 10.1 Å². The van der Waals surface area contributed by atoms with Crippen LogP contribution in [0.1, 0.15) is 18.2 Å². The van der Waals surface area contributed by atoms with E-state index in [1.54, 1.807) is 26.4 Å². The molecule has 2 aromatic heterocycles. The van der Waals surface area contributed by atoms with Crippen molar-refractivity contribution in [2.24, 2.45) is 0 Å². The summed E-state index contributed by atoms with van der Waals surface area (Å²) in [4.78, 5) is 12.5. The number of ether oxygens (including phenoxy) is 1. The number of aryl methyl sites for hydroxylation is 1. The highest BCUT2D eigenvalue weighted by Crippen LogP contribution is 2.38. The lowest BCUT2D eigenvalue weighted by molar-refractivity contribution is -0.111. The van der Waals surface area contributed by atoms with Gasteiger partial charge in [-0.1, -0.05) is 59.8 Å². The molecule has 1 amide bonds. The number of benzene rings is 3. The first-order valence-electron chi connectivity index (χ1n) is 11.2. The van der Waals surface area contributed by atoms with Crippen molar-refractivity contribution < 1.29 is 18.5 Å². The number of allylic oxidation sites excluding steroid dienone is 1. The van der Waals surface area contributed by atoms with E-state index in [1.165, 1.54) is 11.6 Å². The summed E-state index contributed by atoms with van der Waals surface area (Å²) in [6.45, 7) is 3.63. The zero-order chi connectivity index (χ0) is 24.4. The van der Waals surface area contributed by atoms with E-state index >= 15 is 0 Å². The quantitative estimate of drug-likeness (QED) is 0.271. The van der Waals surface area contributed by atoms with Gasteiger partial charge in [0.05, 0.1) is 13.4 Å². The van der Waals surface area contributed by atoms with Gasteiger partial charge in [-0.2, -0.15) is 0 Å². The molecular formula is C29H24N2O4. The van der Waals surface area contributed by atoms with Crippen molar-refractivity contribution in [2.45, 2.75) is 13.8 Å². The highest BCUT2D eigenvalue weighted by Gasteiger charge is 2.15. The largest absolute Gasteiger partial charge is 0.496 e. The number of hydrogen-bond donors (Lipinski definition) is 1. The van der Waals surface area contributed by atoms with Gasteiger partial charge in [-0.3, -0.25) is 4.79 Å². The Balaban J connectivity index is 1.48. The summed E-state index contributed by atoms with van der Waals surface area (Å²) in [7, 11) is 1.60. The summed E-state index contributed by atoms with van der Waals surface area (Å²) in [5.41, 5.74) is 6.59. The fourth-order valence-corrected chi connectivity index (χ4v) is 4.09. The number of hydrogen-bond acceptors (Lipinski definition) is 5. The van der Waals surface area contributed by atoms with Crippen LogP contribution in [0.5, 0.6) is 5.75 Å². The van der Waals surface area contributed by atoms with Crippen LogP contribution >= 0.6 is 0 Å². The van der Waals surface area contributed by atoms with Gasteiger partial charge in [0.25, 0.3) is 0 Å². The maximum absolute atomic E-state index is 12.5. The average molecular weight is 465 g/mol. The second-order valence-electron chi connectivity index (χ2n) is 8.28. The number of carbonyl (C=O) groups is 1. The molecule has 6 heteroatoms. The van der Waals surface area contributed by atoms with E-state index in [9.17, 15) is 4.79 Å².